The van der Waals surface area contributed by atoms with Gasteiger partial charge < -0.3 is 10.6 Å². The predicted molar refractivity (Wildman–Crippen MR) is 33.9 cm³/mol. The Balaban J connectivity index is 2.73. The number of hydrogen-bond acceptors (Lipinski definition) is 4. The lowest BCUT2D eigenvalue weighted by molar-refractivity contribution is 0.137. The van der Waals surface area contributed by atoms with Crippen LogP contribution in [0.15, 0.2) is 12.0 Å². The van der Waals surface area contributed by atoms with E-state index in [1.54, 1.807) is 0 Å². The lowest BCUT2D eigenvalue weighted by atomic mass is 10.3. The molecule has 4 heteroatoms. The number of hydrogen-bond donors (Lipinski definition) is 3. The standard InChI is InChI=1S/C4H8N2OS/c1-4(8)3(5)2-7-6-4/h2,6,8H,5H2,1H3. The first-order valence-corrected chi connectivity index (χ1v) is 2.69. The molecule has 1 unspecified atom stereocenters. The largest absolute Gasteiger partial charge is 0.413 e. The van der Waals surface area contributed by atoms with Crippen LogP contribution in [0.5, 0.6) is 0 Å². The fourth-order valence-electron chi connectivity index (χ4n) is 0.381. The second-order valence-electron chi connectivity index (χ2n) is 1.87. The molecule has 1 atom stereocenters. The number of nitrogens with one attached hydrogen (secondary N) is 1. The van der Waals surface area contributed by atoms with Gasteiger partial charge in [-0.05, 0) is 6.92 Å². The van der Waals surface area contributed by atoms with Gasteiger partial charge in [0.25, 0.3) is 0 Å². The molecule has 0 aromatic heterocycles. The second kappa shape index (κ2) is 1.56. The summed E-state index contributed by atoms with van der Waals surface area (Å²) in [5, 5.41) is 0. The molecule has 0 saturated carbocycles. The maximum absolute atomic E-state index is 5.41. The Hall–Kier alpha value is -0.350. The van der Waals surface area contributed by atoms with Gasteiger partial charge in [-0.2, -0.15) is 0 Å². The molecule has 0 fully saturated rings. The van der Waals surface area contributed by atoms with E-state index < -0.39 is 4.87 Å². The van der Waals surface area contributed by atoms with Crippen LogP contribution >= 0.6 is 12.6 Å². The summed E-state index contributed by atoms with van der Waals surface area (Å²) in [5.41, 5.74) is 8.60. The van der Waals surface area contributed by atoms with Crippen LogP contribution in [-0.4, -0.2) is 4.87 Å². The van der Waals surface area contributed by atoms with Crippen molar-refractivity contribution in [1.29, 1.82) is 0 Å². The first kappa shape index (κ1) is 5.78. The van der Waals surface area contributed by atoms with Gasteiger partial charge in [0, 0.05) is 0 Å². The molecule has 46 valence electrons. The Bertz CT molecular complexity index is 132. The number of hydroxylamine groups is 1. The molecule has 0 radical (unpaired) electrons. The molecule has 0 bridgehead atoms. The van der Waals surface area contributed by atoms with E-state index in [-0.39, 0.29) is 0 Å². The van der Waals surface area contributed by atoms with Crippen LogP contribution in [0.25, 0.3) is 0 Å². The normalized spacial score (nSPS) is 36.5. The van der Waals surface area contributed by atoms with Gasteiger partial charge in [-0.1, -0.05) is 0 Å². The quantitative estimate of drug-likeness (QED) is 0.405. The molecule has 1 aliphatic rings. The summed E-state index contributed by atoms with van der Waals surface area (Å²) in [4.78, 5) is 4.17. The van der Waals surface area contributed by atoms with E-state index in [4.69, 9.17) is 5.73 Å². The van der Waals surface area contributed by atoms with Crippen LogP contribution in [0, 0.1) is 0 Å². The van der Waals surface area contributed by atoms with E-state index in [2.05, 4.69) is 22.9 Å². The zero-order valence-corrected chi connectivity index (χ0v) is 5.40. The maximum atomic E-state index is 5.41. The van der Waals surface area contributed by atoms with Gasteiger partial charge in [-0.15, -0.1) is 18.1 Å². The van der Waals surface area contributed by atoms with Crippen LogP contribution in [0.1, 0.15) is 6.92 Å². The minimum atomic E-state index is -0.486. The molecule has 8 heavy (non-hydrogen) atoms. The fourth-order valence-corrected chi connectivity index (χ4v) is 0.487. The smallest absolute Gasteiger partial charge is 0.135 e. The molecule has 1 heterocycles. The van der Waals surface area contributed by atoms with Crippen LogP contribution in [-0.2, 0) is 4.84 Å². The van der Waals surface area contributed by atoms with E-state index in [9.17, 15) is 0 Å². The van der Waals surface area contributed by atoms with Gasteiger partial charge in [0.15, 0.2) is 0 Å². The minimum Gasteiger partial charge on any atom is -0.413 e. The molecule has 0 saturated heterocycles. The van der Waals surface area contributed by atoms with E-state index in [0.29, 0.717) is 5.70 Å². The van der Waals surface area contributed by atoms with E-state index in [1.807, 2.05) is 6.92 Å². The topological polar surface area (TPSA) is 47.3 Å². The number of nitrogens with two attached hydrogens (primary N) is 1. The summed E-state index contributed by atoms with van der Waals surface area (Å²) in [7, 11) is 0. The van der Waals surface area contributed by atoms with Crippen molar-refractivity contribution < 1.29 is 4.84 Å². The van der Waals surface area contributed by atoms with Gasteiger partial charge in [-0.25, -0.2) is 0 Å². The summed E-state index contributed by atoms with van der Waals surface area (Å²) >= 11 is 4.11. The molecule has 0 aliphatic carbocycles. The Labute approximate surface area is 53.3 Å². The zero-order chi connectivity index (χ0) is 6.20. The molecular weight excluding hydrogens is 124 g/mol. The first-order valence-electron chi connectivity index (χ1n) is 2.24. The third-order valence-electron chi connectivity index (χ3n) is 1.01. The molecule has 0 amide bonds. The number of thiol groups is 1. The maximum Gasteiger partial charge on any atom is 0.135 e. The summed E-state index contributed by atoms with van der Waals surface area (Å²) in [5.74, 6) is 0. The van der Waals surface area contributed by atoms with Crippen molar-refractivity contribution in [3.8, 4) is 0 Å². The average molecular weight is 132 g/mol. The highest BCUT2D eigenvalue weighted by Gasteiger charge is 2.27. The molecule has 0 spiro atoms. The molecule has 1 rings (SSSR count). The highest BCUT2D eigenvalue weighted by molar-refractivity contribution is 7.82. The fraction of sp³-hybridized carbons (Fsp3) is 0.500. The second-order valence-corrected chi connectivity index (χ2v) is 2.76. The van der Waals surface area contributed by atoms with Crippen LogP contribution in [0.2, 0.25) is 0 Å². The monoisotopic (exact) mass is 132 g/mol. The van der Waals surface area contributed by atoms with Crippen molar-refractivity contribution in [2.24, 2.45) is 5.73 Å². The highest BCUT2D eigenvalue weighted by Crippen LogP contribution is 2.20. The van der Waals surface area contributed by atoms with Crippen LogP contribution < -0.4 is 11.2 Å². The van der Waals surface area contributed by atoms with Crippen molar-refractivity contribution in [3.63, 3.8) is 0 Å². The van der Waals surface area contributed by atoms with Crippen molar-refractivity contribution >= 4 is 12.6 Å². The third kappa shape index (κ3) is 0.763. The highest BCUT2D eigenvalue weighted by atomic mass is 32.1. The Morgan fingerprint density at radius 3 is 2.75 bits per heavy atom. The first-order chi connectivity index (χ1) is 3.63. The summed E-state index contributed by atoms with van der Waals surface area (Å²) in [6, 6.07) is 0. The van der Waals surface area contributed by atoms with Crippen molar-refractivity contribution in [2.45, 2.75) is 11.8 Å². The molecule has 0 aromatic carbocycles. The van der Waals surface area contributed by atoms with Crippen molar-refractivity contribution in [2.75, 3.05) is 0 Å². The predicted octanol–water partition coefficient (Wildman–Crippen LogP) is -0.0327. The Morgan fingerprint density at radius 2 is 2.62 bits per heavy atom. The van der Waals surface area contributed by atoms with E-state index in [0.717, 1.165) is 0 Å². The van der Waals surface area contributed by atoms with Gasteiger partial charge in [0.2, 0.25) is 0 Å². The minimum absolute atomic E-state index is 0.486. The Kier molecular flexibility index (Phi) is 1.13. The van der Waals surface area contributed by atoms with Crippen LogP contribution in [0.4, 0.5) is 0 Å². The summed E-state index contributed by atoms with van der Waals surface area (Å²) in [6.45, 7) is 1.81. The molecule has 3 N–H and O–H groups in total. The van der Waals surface area contributed by atoms with E-state index in [1.165, 1.54) is 6.26 Å². The zero-order valence-electron chi connectivity index (χ0n) is 4.51. The SMILES string of the molecule is CC1(S)NOC=C1N. The van der Waals surface area contributed by atoms with Gasteiger partial charge in [0.1, 0.15) is 11.1 Å². The summed E-state index contributed by atoms with van der Waals surface area (Å²) < 4.78 is 0. The van der Waals surface area contributed by atoms with Gasteiger partial charge in [0.05, 0.1) is 5.70 Å². The summed E-state index contributed by atoms with van der Waals surface area (Å²) in [6.07, 6.45) is 1.44. The van der Waals surface area contributed by atoms with Gasteiger partial charge in [-0.3, -0.25) is 0 Å². The van der Waals surface area contributed by atoms with E-state index >= 15 is 0 Å². The molecule has 0 aromatic rings. The average Bonchev–Trinajstić information content (AvgIpc) is 1.86. The molecule has 3 nitrogen and oxygen atoms in total. The Morgan fingerprint density at radius 1 is 2.00 bits per heavy atom. The molecular formula is C4H8N2OS. The van der Waals surface area contributed by atoms with Gasteiger partial charge >= 0.3 is 0 Å². The lowest BCUT2D eigenvalue weighted by Gasteiger charge is -2.14. The lowest BCUT2D eigenvalue weighted by Crippen LogP contribution is -2.35. The molecule has 1 aliphatic heterocycles. The third-order valence-corrected chi connectivity index (χ3v) is 1.36. The van der Waals surface area contributed by atoms with Crippen LogP contribution in [0.3, 0.4) is 0 Å². The number of rotatable bonds is 0. The van der Waals surface area contributed by atoms with Crippen molar-refractivity contribution in [1.82, 2.24) is 5.48 Å². The van der Waals surface area contributed by atoms with Crippen molar-refractivity contribution in [3.05, 3.63) is 12.0 Å².